The first-order chi connectivity index (χ1) is 12.0. The number of carbonyl (C=O) groups is 1. The van der Waals surface area contributed by atoms with E-state index in [1.54, 1.807) is 55.5 Å². The summed E-state index contributed by atoms with van der Waals surface area (Å²) in [4.78, 5) is 12.1. The fourth-order valence-electron chi connectivity index (χ4n) is 1.97. The normalized spacial score (nSPS) is 10.8. The van der Waals surface area contributed by atoms with Crippen LogP contribution in [0.1, 0.15) is 18.1 Å². The van der Waals surface area contributed by atoms with Crippen LogP contribution >= 0.6 is 23.2 Å². The van der Waals surface area contributed by atoms with Crippen molar-refractivity contribution in [3.63, 3.8) is 0 Å². The molecule has 0 N–H and O–H groups in total. The van der Waals surface area contributed by atoms with Crippen LogP contribution < -0.4 is 0 Å². The summed E-state index contributed by atoms with van der Waals surface area (Å²) in [5.41, 5.74) is 1.45. The van der Waals surface area contributed by atoms with Crippen LogP contribution in [0.5, 0.6) is 0 Å². The van der Waals surface area contributed by atoms with Gasteiger partial charge < -0.3 is 4.74 Å². The van der Waals surface area contributed by atoms with Crippen molar-refractivity contribution in [3.8, 4) is 17.9 Å². The van der Waals surface area contributed by atoms with Crippen LogP contribution in [-0.2, 0) is 9.53 Å². The number of rotatable bonds is 3. The molecular weight excluding hydrogens is 357 g/mol. The lowest BCUT2D eigenvalue weighted by Gasteiger charge is -2.05. The second-order valence-corrected chi connectivity index (χ2v) is 5.72. The van der Waals surface area contributed by atoms with E-state index in [0.717, 1.165) is 0 Å². The summed E-state index contributed by atoms with van der Waals surface area (Å²) in [5, 5.41) is 10.6. The number of esters is 1. The van der Waals surface area contributed by atoms with Gasteiger partial charge in [0.2, 0.25) is 0 Å². The molecule has 3 nitrogen and oxygen atoms in total. The zero-order valence-electron chi connectivity index (χ0n) is 13.3. The Kier molecular flexibility index (Phi) is 6.66. The molecule has 0 atom stereocenters. The quantitative estimate of drug-likeness (QED) is 0.335. The Balaban J connectivity index is 2.56. The molecule has 0 aliphatic carbocycles. The van der Waals surface area contributed by atoms with E-state index in [-0.39, 0.29) is 17.8 Å². The highest BCUT2D eigenvalue weighted by molar-refractivity contribution is 6.30. The average Bonchev–Trinajstić information content (AvgIpc) is 2.61. The number of hydrogen-bond acceptors (Lipinski definition) is 3. The summed E-state index contributed by atoms with van der Waals surface area (Å²) in [6.45, 7) is 1.84. The lowest BCUT2D eigenvalue weighted by atomic mass is 10.0. The molecule has 0 aliphatic rings. The SMILES string of the molecule is CCOC(=O)/C(C#N)=C(\C#Cc1ccc(Cl)cc1)c1ccc(Cl)cc1. The maximum absolute atomic E-state index is 12.1. The van der Waals surface area contributed by atoms with Crippen molar-refractivity contribution in [2.45, 2.75) is 6.92 Å². The van der Waals surface area contributed by atoms with Crippen molar-refractivity contribution in [1.82, 2.24) is 0 Å². The van der Waals surface area contributed by atoms with Crippen molar-refractivity contribution < 1.29 is 9.53 Å². The molecule has 0 heterocycles. The Morgan fingerprint density at radius 3 is 2.12 bits per heavy atom. The summed E-state index contributed by atoms with van der Waals surface area (Å²) in [5.74, 6) is 5.13. The van der Waals surface area contributed by atoms with Gasteiger partial charge in [-0.3, -0.25) is 0 Å². The molecule has 0 saturated carbocycles. The monoisotopic (exact) mass is 369 g/mol. The number of nitriles is 1. The highest BCUT2D eigenvalue weighted by Gasteiger charge is 2.17. The number of hydrogen-bond donors (Lipinski definition) is 0. The second-order valence-electron chi connectivity index (χ2n) is 4.85. The predicted molar refractivity (Wildman–Crippen MR) is 98.9 cm³/mol. The summed E-state index contributed by atoms with van der Waals surface area (Å²) >= 11 is 11.8. The van der Waals surface area contributed by atoms with E-state index in [1.165, 1.54) is 0 Å². The standard InChI is InChI=1S/C20H13Cl2NO2/c1-2-25-20(24)19(13-23)18(15-6-10-17(22)11-7-15)12-5-14-3-8-16(21)9-4-14/h3-4,6-11H,2H2,1H3/b19-18+. The molecule has 0 unspecified atom stereocenters. The summed E-state index contributed by atoms with van der Waals surface area (Å²) in [6, 6.07) is 15.6. The van der Waals surface area contributed by atoms with Gasteiger partial charge in [0.05, 0.1) is 12.2 Å². The van der Waals surface area contributed by atoms with Gasteiger partial charge in [-0.15, -0.1) is 0 Å². The van der Waals surface area contributed by atoms with Gasteiger partial charge in [-0.1, -0.05) is 47.2 Å². The van der Waals surface area contributed by atoms with E-state index in [1.807, 2.05) is 6.07 Å². The van der Waals surface area contributed by atoms with E-state index >= 15 is 0 Å². The summed E-state index contributed by atoms with van der Waals surface area (Å²) in [6.07, 6.45) is 0. The van der Waals surface area contributed by atoms with Crippen LogP contribution in [-0.4, -0.2) is 12.6 Å². The average molecular weight is 370 g/mol. The van der Waals surface area contributed by atoms with E-state index in [0.29, 0.717) is 21.2 Å². The molecule has 124 valence electrons. The summed E-state index contributed by atoms with van der Waals surface area (Å²) < 4.78 is 4.96. The zero-order valence-corrected chi connectivity index (χ0v) is 14.9. The van der Waals surface area contributed by atoms with Crippen molar-refractivity contribution in [1.29, 1.82) is 5.26 Å². The molecule has 0 amide bonds. The first-order valence-electron chi connectivity index (χ1n) is 7.40. The first kappa shape index (κ1) is 18.6. The topological polar surface area (TPSA) is 50.1 Å². The minimum Gasteiger partial charge on any atom is -0.462 e. The van der Waals surface area contributed by atoms with Gasteiger partial charge in [-0.25, -0.2) is 4.79 Å². The van der Waals surface area contributed by atoms with Crippen molar-refractivity contribution >= 4 is 34.7 Å². The Morgan fingerprint density at radius 2 is 1.60 bits per heavy atom. The molecule has 0 bridgehead atoms. The summed E-state index contributed by atoms with van der Waals surface area (Å²) in [7, 11) is 0. The molecule has 2 aromatic carbocycles. The van der Waals surface area contributed by atoms with Gasteiger partial charge in [-0.2, -0.15) is 5.26 Å². The van der Waals surface area contributed by atoms with E-state index in [2.05, 4.69) is 11.8 Å². The fourth-order valence-corrected chi connectivity index (χ4v) is 2.22. The Labute approximate surface area is 156 Å². The molecule has 0 aliphatic heterocycles. The van der Waals surface area contributed by atoms with Crippen LogP contribution in [0.4, 0.5) is 0 Å². The molecular formula is C20H13Cl2NO2. The zero-order chi connectivity index (χ0) is 18.2. The van der Waals surface area contributed by atoms with Crippen molar-refractivity contribution in [2.75, 3.05) is 6.61 Å². The molecule has 0 radical (unpaired) electrons. The Bertz CT molecular complexity index is 896. The van der Waals surface area contributed by atoms with Gasteiger partial charge in [0.15, 0.2) is 5.57 Å². The lowest BCUT2D eigenvalue weighted by Crippen LogP contribution is -2.08. The maximum atomic E-state index is 12.1. The number of benzene rings is 2. The largest absolute Gasteiger partial charge is 0.462 e. The molecule has 0 spiro atoms. The van der Waals surface area contributed by atoms with Gasteiger partial charge in [0.25, 0.3) is 0 Å². The first-order valence-corrected chi connectivity index (χ1v) is 8.15. The number of nitrogens with zero attached hydrogens (tertiary/aromatic N) is 1. The number of halogens is 2. The van der Waals surface area contributed by atoms with Crippen molar-refractivity contribution in [3.05, 3.63) is 75.3 Å². The molecule has 0 fully saturated rings. The number of ether oxygens (including phenoxy) is 1. The molecule has 25 heavy (non-hydrogen) atoms. The van der Waals surface area contributed by atoms with Crippen LogP contribution in [0, 0.1) is 23.2 Å². The third-order valence-corrected chi connectivity index (χ3v) is 3.65. The third kappa shape index (κ3) is 5.13. The minimum absolute atomic E-state index is 0.148. The van der Waals surface area contributed by atoms with Crippen LogP contribution in [0.2, 0.25) is 10.0 Å². The van der Waals surface area contributed by atoms with Gasteiger partial charge in [0.1, 0.15) is 6.07 Å². The van der Waals surface area contributed by atoms with Gasteiger partial charge >= 0.3 is 5.97 Å². The van der Waals surface area contributed by atoms with E-state index in [9.17, 15) is 10.1 Å². The van der Waals surface area contributed by atoms with Crippen molar-refractivity contribution in [2.24, 2.45) is 0 Å². The number of allylic oxidation sites excluding steroid dienone is 1. The lowest BCUT2D eigenvalue weighted by molar-refractivity contribution is -0.137. The second kappa shape index (κ2) is 8.94. The van der Waals surface area contributed by atoms with Gasteiger partial charge in [0, 0.05) is 15.6 Å². The van der Waals surface area contributed by atoms with Crippen LogP contribution in [0.25, 0.3) is 5.57 Å². The smallest absolute Gasteiger partial charge is 0.350 e. The molecule has 5 heteroatoms. The Morgan fingerprint density at radius 1 is 1.04 bits per heavy atom. The minimum atomic E-state index is -0.708. The molecule has 2 aromatic rings. The van der Waals surface area contributed by atoms with E-state index < -0.39 is 5.97 Å². The van der Waals surface area contributed by atoms with Crippen LogP contribution in [0.3, 0.4) is 0 Å². The van der Waals surface area contributed by atoms with Gasteiger partial charge in [-0.05, 0) is 48.9 Å². The number of carbonyl (C=O) groups excluding carboxylic acids is 1. The van der Waals surface area contributed by atoms with E-state index in [4.69, 9.17) is 27.9 Å². The Hall–Kier alpha value is -2.72. The third-order valence-electron chi connectivity index (χ3n) is 3.15. The highest BCUT2D eigenvalue weighted by Crippen LogP contribution is 2.21. The maximum Gasteiger partial charge on any atom is 0.350 e. The molecule has 2 rings (SSSR count). The van der Waals surface area contributed by atoms with Crippen LogP contribution in [0.15, 0.2) is 54.1 Å². The fraction of sp³-hybridized carbons (Fsp3) is 0.100. The highest BCUT2D eigenvalue weighted by atomic mass is 35.5. The molecule has 0 saturated heterocycles. The molecule has 0 aromatic heterocycles. The predicted octanol–water partition coefficient (Wildman–Crippen LogP) is 4.89.